The minimum Gasteiger partial charge on any atom is -0.478 e. The van der Waals surface area contributed by atoms with Crippen molar-refractivity contribution in [2.75, 3.05) is 0 Å². The Balaban J connectivity index is 3.12. The number of rotatable bonds is 2. The lowest BCUT2D eigenvalue weighted by atomic mass is 10.2. The van der Waals surface area contributed by atoms with Gasteiger partial charge in [0.05, 0.1) is 0 Å². The Bertz CT molecular complexity index is 343. The van der Waals surface area contributed by atoms with Crippen molar-refractivity contribution >= 4 is 5.97 Å². The van der Waals surface area contributed by atoms with Crippen LogP contribution in [0, 0.1) is 0 Å². The highest BCUT2D eigenvalue weighted by Gasteiger charge is 2.39. The van der Waals surface area contributed by atoms with Gasteiger partial charge >= 0.3 is 17.1 Å². The number of aromatic nitrogens is 1. The van der Waals surface area contributed by atoms with E-state index >= 15 is 0 Å². The molecule has 1 aromatic rings. The minimum atomic E-state index is -1.89. The van der Waals surface area contributed by atoms with Crippen molar-refractivity contribution in [3.05, 3.63) is 20.7 Å². The SMILES string of the molecule is C[C@](N)(C(=O)O)n1c(=O)c1=O. The molecule has 0 bridgehead atoms. The highest BCUT2D eigenvalue weighted by molar-refractivity contribution is 5.75. The summed E-state index contributed by atoms with van der Waals surface area (Å²) in [6, 6.07) is 0. The maximum atomic E-state index is 10.4. The summed E-state index contributed by atoms with van der Waals surface area (Å²) in [7, 11) is 0. The van der Waals surface area contributed by atoms with E-state index in [0.717, 1.165) is 6.92 Å². The summed E-state index contributed by atoms with van der Waals surface area (Å²) in [5.74, 6) is -1.41. The molecule has 6 heteroatoms. The van der Waals surface area contributed by atoms with Crippen molar-refractivity contribution < 1.29 is 9.90 Å². The highest BCUT2D eigenvalue weighted by Crippen LogP contribution is 2.02. The molecule has 1 aromatic heterocycles. The molecule has 60 valence electrons. The molecule has 0 aromatic carbocycles. The third-order valence-electron chi connectivity index (χ3n) is 1.44. The number of carboxylic acid groups (broad SMARTS) is 1. The monoisotopic (exact) mass is 158 g/mol. The normalized spacial score (nSPS) is 16.5. The molecule has 1 atom stereocenters. The van der Waals surface area contributed by atoms with Crippen molar-refractivity contribution in [1.82, 2.24) is 4.57 Å². The van der Waals surface area contributed by atoms with E-state index < -0.39 is 22.8 Å². The second-order valence-corrected chi connectivity index (χ2v) is 2.40. The number of carbonyl (C=O) groups is 1. The highest BCUT2D eigenvalue weighted by atomic mass is 16.4. The number of aliphatic carboxylic acids is 1. The van der Waals surface area contributed by atoms with E-state index in [4.69, 9.17) is 10.8 Å². The van der Waals surface area contributed by atoms with Gasteiger partial charge in [-0.05, 0) is 6.92 Å². The molecule has 3 N–H and O–H groups in total. The van der Waals surface area contributed by atoms with Crippen LogP contribution < -0.4 is 16.9 Å². The Hall–Kier alpha value is -1.43. The average Bonchev–Trinajstić information content (AvgIpc) is 2.41. The Labute approximate surface area is 60.5 Å². The number of carboxylic acids is 1. The Kier molecular flexibility index (Phi) is 1.25. The molecule has 1 heterocycles. The number of hydrogen-bond acceptors (Lipinski definition) is 4. The summed E-state index contributed by atoms with van der Waals surface area (Å²) < 4.78 is 0.495. The van der Waals surface area contributed by atoms with Crippen molar-refractivity contribution in [3.8, 4) is 0 Å². The van der Waals surface area contributed by atoms with E-state index in [-0.39, 0.29) is 0 Å². The summed E-state index contributed by atoms with van der Waals surface area (Å²) in [6.45, 7) is 1.08. The summed E-state index contributed by atoms with van der Waals surface area (Å²) in [4.78, 5) is 31.1. The van der Waals surface area contributed by atoms with E-state index in [1.165, 1.54) is 0 Å². The van der Waals surface area contributed by atoms with Gasteiger partial charge in [0.2, 0.25) is 0 Å². The van der Waals surface area contributed by atoms with E-state index in [9.17, 15) is 14.4 Å². The van der Waals surface area contributed by atoms with Gasteiger partial charge in [-0.3, -0.25) is 15.3 Å². The van der Waals surface area contributed by atoms with E-state index in [1.54, 1.807) is 0 Å². The molecule has 0 fully saturated rings. The van der Waals surface area contributed by atoms with E-state index in [2.05, 4.69) is 0 Å². The van der Waals surface area contributed by atoms with Gasteiger partial charge in [0.1, 0.15) is 0 Å². The summed E-state index contributed by atoms with van der Waals surface area (Å²) >= 11 is 0. The molecule has 0 spiro atoms. The molecule has 6 nitrogen and oxygen atoms in total. The van der Waals surface area contributed by atoms with Crippen LogP contribution in [0.4, 0.5) is 0 Å². The summed E-state index contributed by atoms with van der Waals surface area (Å²) in [6.07, 6.45) is 0. The van der Waals surface area contributed by atoms with Crippen LogP contribution in [0.1, 0.15) is 6.92 Å². The zero-order valence-corrected chi connectivity index (χ0v) is 5.70. The molecular weight excluding hydrogens is 152 g/mol. The van der Waals surface area contributed by atoms with Crippen LogP contribution >= 0.6 is 0 Å². The maximum Gasteiger partial charge on any atom is 0.344 e. The van der Waals surface area contributed by atoms with Crippen LogP contribution in [0.5, 0.6) is 0 Å². The van der Waals surface area contributed by atoms with Gasteiger partial charge in [0.15, 0.2) is 5.66 Å². The van der Waals surface area contributed by atoms with E-state index in [0.29, 0.717) is 4.57 Å². The number of nitrogens with two attached hydrogens (primary N) is 1. The van der Waals surface area contributed by atoms with Gasteiger partial charge in [-0.25, -0.2) is 9.36 Å². The molecule has 0 unspecified atom stereocenters. The van der Waals surface area contributed by atoms with Crippen LogP contribution in [0.3, 0.4) is 0 Å². The second kappa shape index (κ2) is 1.79. The molecule has 0 saturated carbocycles. The number of nitrogens with zero attached hydrogens (tertiary/aromatic N) is 1. The third kappa shape index (κ3) is 0.874. The predicted octanol–water partition coefficient (Wildman–Crippen LogP) is -2.20. The van der Waals surface area contributed by atoms with E-state index in [1.807, 2.05) is 0 Å². The van der Waals surface area contributed by atoms with Gasteiger partial charge in [0, 0.05) is 0 Å². The summed E-state index contributed by atoms with van der Waals surface area (Å²) in [5.41, 5.74) is 1.54. The fraction of sp³-hybridized carbons (Fsp3) is 0.400. The van der Waals surface area contributed by atoms with Crippen LogP contribution in [0.25, 0.3) is 0 Å². The van der Waals surface area contributed by atoms with Crippen molar-refractivity contribution in [2.24, 2.45) is 5.73 Å². The van der Waals surface area contributed by atoms with Gasteiger partial charge < -0.3 is 5.11 Å². The van der Waals surface area contributed by atoms with Gasteiger partial charge in [-0.1, -0.05) is 0 Å². The molecule has 0 aliphatic carbocycles. The smallest absolute Gasteiger partial charge is 0.344 e. The largest absolute Gasteiger partial charge is 0.478 e. The lowest BCUT2D eigenvalue weighted by Crippen LogP contribution is -2.47. The zero-order chi connectivity index (χ0) is 8.81. The lowest BCUT2D eigenvalue weighted by Gasteiger charge is -2.13. The third-order valence-corrected chi connectivity index (χ3v) is 1.44. The zero-order valence-electron chi connectivity index (χ0n) is 5.70. The van der Waals surface area contributed by atoms with Crippen molar-refractivity contribution in [3.63, 3.8) is 0 Å². The van der Waals surface area contributed by atoms with Crippen molar-refractivity contribution in [1.29, 1.82) is 0 Å². The Morgan fingerprint density at radius 1 is 1.55 bits per heavy atom. The van der Waals surface area contributed by atoms with Crippen LogP contribution in [0.15, 0.2) is 9.59 Å². The first kappa shape index (κ1) is 7.67. The fourth-order valence-corrected chi connectivity index (χ4v) is 0.652. The lowest BCUT2D eigenvalue weighted by molar-refractivity contribution is -0.146. The molecule has 1 rings (SSSR count). The fourth-order valence-electron chi connectivity index (χ4n) is 0.652. The molecule has 11 heavy (non-hydrogen) atoms. The first-order chi connectivity index (χ1) is 4.89. The van der Waals surface area contributed by atoms with Crippen molar-refractivity contribution in [2.45, 2.75) is 12.6 Å². The van der Waals surface area contributed by atoms with Gasteiger partial charge in [-0.15, -0.1) is 0 Å². The van der Waals surface area contributed by atoms with Crippen LogP contribution in [-0.2, 0) is 10.5 Å². The van der Waals surface area contributed by atoms with Crippen LogP contribution in [-0.4, -0.2) is 15.6 Å². The van der Waals surface area contributed by atoms with Gasteiger partial charge in [-0.2, -0.15) is 0 Å². The van der Waals surface area contributed by atoms with Gasteiger partial charge in [0.25, 0.3) is 0 Å². The molecule has 0 saturated heterocycles. The van der Waals surface area contributed by atoms with Crippen LogP contribution in [0.2, 0.25) is 0 Å². The Morgan fingerprint density at radius 3 is 2.00 bits per heavy atom. The number of hydrogen-bond donors (Lipinski definition) is 2. The first-order valence-corrected chi connectivity index (χ1v) is 2.80. The second-order valence-electron chi connectivity index (χ2n) is 2.40. The topological polar surface area (TPSA) is 102 Å². The standard InChI is InChI=1S/C5H6N2O4/c1-5(6,4(10)11)7-2(8)3(7)9/h6H2,1H3,(H,10,11)/t5-/m1/s1. The minimum absolute atomic E-state index is 0.495. The average molecular weight is 158 g/mol. The molecule has 0 radical (unpaired) electrons. The summed E-state index contributed by atoms with van der Waals surface area (Å²) in [5, 5.41) is 8.42. The molecule has 0 aliphatic heterocycles. The quantitative estimate of drug-likeness (QED) is 0.475. The molecule has 0 aliphatic rings. The molecule has 0 amide bonds. The maximum absolute atomic E-state index is 10.4. The first-order valence-electron chi connectivity index (χ1n) is 2.80. The predicted molar refractivity (Wildman–Crippen MR) is 34.8 cm³/mol. The molecular formula is C5H6N2O4. The Morgan fingerprint density at radius 2 is 1.91 bits per heavy atom.